The van der Waals surface area contributed by atoms with Crippen LogP contribution in [0.15, 0.2) is 29.2 Å². The molecule has 0 atom stereocenters. The van der Waals surface area contributed by atoms with E-state index in [1.807, 2.05) is 4.90 Å². The van der Waals surface area contributed by atoms with Gasteiger partial charge in [-0.1, -0.05) is 0 Å². The Morgan fingerprint density at radius 2 is 1.85 bits per heavy atom. The van der Waals surface area contributed by atoms with Gasteiger partial charge in [0.05, 0.1) is 36.8 Å². The molecule has 0 bridgehead atoms. The fraction of sp³-hybridized carbons (Fsp3) is 0.545. The van der Waals surface area contributed by atoms with Crippen molar-refractivity contribution >= 4 is 21.4 Å². The predicted octanol–water partition coefficient (Wildman–Crippen LogP) is 0.718. The standard InChI is InChI=1S/C22H30FN5O4S/c1-15(2)33(30,31)27-11-9-26(10-12-27)20-14-25-28(19-13-16(23)7-8-18(19)24)22(29)21(20)32-17-5-3-4-6-17/h7-8,13-15,17H,3-6,9-12,24H2,1-2H3/p+1. The van der Waals surface area contributed by atoms with Crippen molar-refractivity contribution < 1.29 is 21.9 Å². The van der Waals surface area contributed by atoms with Crippen molar-refractivity contribution in [3.05, 3.63) is 40.6 Å². The first-order valence-electron chi connectivity index (χ1n) is 11.4. The lowest BCUT2D eigenvalue weighted by Crippen LogP contribution is -3.17. The lowest BCUT2D eigenvalue weighted by Gasteiger charge is -2.34. The average molecular weight is 481 g/mol. The number of hydrogen-bond acceptors (Lipinski definition) is 7. The van der Waals surface area contributed by atoms with Gasteiger partial charge in [-0.15, -0.1) is 0 Å². The normalized spacial score (nSPS) is 18.2. The van der Waals surface area contributed by atoms with Crippen LogP contribution in [0.5, 0.6) is 5.75 Å². The highest BCUT2D eigenvalue weighted by Gasteiger charge is 2.35. The molecule has 9 nitrogen and oxygen atoms in total. The van der Waals surface area contributed by atoms with Gasteiger partial charge in [0.25, 0.3) is 10.0 Å². The van der Waals surface area contributed by atoms with Crippen LogP contribution in [0.2, 0.25) is 0 Å². The zero-order chi connectivity index (χ0) is 23.8. The van der Waals surface area contributed by atoms with Crippen LogP contribution in [-0.4, -0.2) is 55.7 Å². The molecule has 2 aromatic rings. The number of ether oxygens (including phenoxy) is 1. The molecule has 3 N–H and O–H groups in total. The van der Waals surface area contributed by atoms with Crippen LogP contribution in [-0.2, 0) is 10.0 Å². The number of rotatable bonds is 6. The maximum Gasteiger partial charge on any atom is 0.316 e. The molecule has 2 heterocycles. The Morgan fingerprint density at radius 1 is 1.18 bits per heavy atom. The summed E-state index contributed by atoms with van der Waals surface area (Å²) in [6, 6.07) is 3.78. The van der Waals surface area contributed by atoms with E-state index in [0.717, 1.165) is 30.4 Å². The smallest absolute Gasteiger partial charge is 0.316 e. The van der Waals surface area contributed by atoms with Gasteiger partial charge in [-0.25, -0.2) is 8.70 Å². The highest BCUT2D eigenvalue weighted by molar-refractivity contribution is 7.85. The lowest BCUT2D eigenvalue weighted by molar-refractivity contribution is -0.768. The van der Waals surface area contributed by atoms with Crippen LogP contribution < -0.4 is 25.2 Å². The molecule has 11 heteroatoms. The van der Waals surface area contributed by atoms with E-state index in [1.54, 1.807) is 13.8 Å². The van der Waals surface area contributed by atoms with E-state index in [4.69, 9.17) is 10.5 Å². The van der Waals surface area contributed by atoms with Crippen molar-refractivity contribution in [2.45, 2.75) is 50.9 Å². The van der Waals surface area contributed by atoms with Crippen molar-refractivity contribution in [1.82, 2.24) is 9.78 Å². The molecule has 2 aliphatic rings. The van der Waals surface area contributed by atoms with Crippen molar-refractivity contribution in [2.75, 3.05) is 36.8 Å². The number of nitrogens with one attached hydrogen (secondary N) is 1. The Morgan fingerprint density at radius 3 is 2.48 bits per heavy atom. The first-order chi connectivity index (χ1) is 15.7. The SMILES string of the molecule is CC(C)S(=O)(=O)[NH+]1CCN(c2cnn(-c3cc(F)ccc3N)c(=O)c2OC2CCCC2)CC1. The highest BCUT2D eigenvalue weighted by Crippen LogP contribution is 2.30. The molecule has 1 aromatic heterocycles. The molecule has 180 valence electrons. The minimum absolute atomic E-state index is 0.0783. The fourth-order valence-corrected chi connectivity index (χ4v) is 5.84. The summed E-state index contributed by atoms with van der Waals surface area (Å²) in [5, 5.41) is 3.81. The maximum absolute atomic E-state index is 13.9. The van der Waals surface area contributed by atoms with Gasteiger partial charge in [0.1, 0.15) is 29.8 Å². The Hall–Kier alpha value is -2.66. The monoisotopic (exact) mass is 480 g/mol. The van der Waals surface area contributed by atoms with E-state index in [-0.39, 0.29) is 23.2 Å². The average Bonchev–Trinajstić information content (AvgIpc) is 3.30. The largest absolute Gasteiger partial charge is 0.483 e. The Bertz CT molecular complexity index is 1170. The van der Waals surface area contributed by atoms with Gasteiger partial charge in [0.2, 0.25) is 5.75 Å². The van der Waals surface area contributed by atoms with Gasteiger partial charge in [-0.05, 0) is 51.7 Å². The van der Waals surface area contributed by atoms with Gasteiger partial charge < -0.3 is 15.4 Å². The molecule has 1 aromatic carbocycles. The quantitative estimate of drug-likeness (QED) is 0.586. The Labute approximate surface area is 193 Å². The summed E-state index contributed by atoms with van der Waals surface area (Å²) in [5.74, 6) is -0.378. The number of nitrogens with zero attached hydrogens (tertiary/aromatic N) is 3. The molecule has 0 unspecified atom stereocenters. The van der Waals surface area contributed by atoms with Crippen LogP contribution in [0.4, 0.5) is 15.8 Å². The molecule has 1 saturated carbocycles. The molecule has 1 saturated heterocycles. The number of hydrogen-bond donors (Lipinski definition) is 2. The molecule has 1 aliphatic heterocycles. The summed E-state index contributed by atoms with van der Waals surface area (Å²) in [4.78, 5) is 15.4. The van der Waals surface area contributed by atoms with Crippen LogP contribution in [0.3, 0.4) is 0 Å². The zero-order valence-corrected chi connectivity index (χ0v) is 19.8. The molecular formula is C22H31FN5O4S+. The third-order valence-corrected chi connectivity index (χ3v) is 8.86. The van der Waals surface area contributed by atoms with E-state index >= 15 is 0 Å². The third kappa shape index (κ3) is 4.70. The van der Waals surface area contributed by atoms with Crippen molar-refractivity contribution in [2.24, 2.45) is 0 Å². The maximum atomic E-state index is 13.9. The number of benzene rings is 1. The van der Waals surface area contributed by atoms with Gasteiger partial charge in [0, 0.05) is 6.07 Å². The summed E-state index contributed by atoms with van der Waals surface area (Å²) in [7, 11) is -3.27. The minimum Gasteiger partial charge on any atom is -0.483 e. The fourth-order valence-electron chi connectivity index (χ4n) is 4.42. The number of halogens is 1. The molecule has 33 heavy (non-hydrogen) atoms. The van der Waals surface area contributed by atoms with Crippen molar-refractivity contribution in [3.63, 3.8) is 0 Å². The number of piperazine rings is 1. The van der Waals surface area contributed by atoms with Gasteiger partial charge in [0.15, 0.2) is 0 Å². The number of sulfonamides is 1. The molecule has 2 fully saturated rings. The number of nitrogen functional groups attached to an aromatic ring is 1. The molecule has 0 amide bonds. The molecular weight excluding hydrogens is 449 g/mol. The van der Waals surface area contributed by atoms with E-state index in [0.29, 0.717) is 36.2 Å². The van der Waals surface area contributed by atoms with Crippen LogP contribution in [0.25, 0.3) is 5.69 Å². The minimum atomic E-state index is -3.27. The predicted molar refractivity (Wildman–Crippen MR) is 124 cm³/mol. The Balaban J connectivity index is 1.69. The summed E-state index contributed by atoms with van der Waals surface area (Å²) >= 11 is 0. The summed E-state index contributed by atoms with van der Waals surface area (Å²) in [5.41, 5.74) is 6.38. The first kappa shape index (κ1) is 23.5. The number of aromatic nitrogens is 2. The highest BCUT2D eigenvalue weighted by atomic mass is 32.2. The van der Waals surface area contributed by atoms with Crippen LogP contribution in [0.1, 0.15) is 39.5 Å². The lowest BCUT2D eigenvalue weighted by atomic mass is 10.2. The Kier molecular flexibility index (Phi) is 6.62. The van der Waals surface area contributed by atoms with Gasteiger partial charge in [-0.2, -0.15) is 18.2 Å². The van der Waals surface area contributed by atoms with E-state index in [2.05, 4.69) is 5.10 Å². The number of nitrogens with two attached hydrogens (primary N) is 1. The summed E-state index contributed by atoms with van der Waals surface area (Å²) < 4.78 is 46.8. The summed E-state index contributed by atoms with van der Waals surface area (Å²) in [6.45, 7) is 5.03. The second-order valence-corrected chi connectivity index (χ2v) is 11.5. The molecule has 0 spiro atoms. The van der Waals surface area contributed by atoms with Gasteiger partial charge >= 0.3 is 5.56 Å². The van der Waals surface area contributed by atoms with E-state index in [9.17, 15) is 17.6 Å². The topological polar surface area (TPSA) is 112 Å². The number of anilines is 2. The van der Waals surface area contributed by atoms with Gasteiger partial charge in [-0.3, -0.25) is 4.79 Å². The second kappa shape index (κ2) is 9.30. The second-order valence-electron chi connectivity index (χ2n) is 8.92. The third-order valence-electron chi connectivity index (χ3n) is 6.41. The molecule has 1 aliphatic carbocycles. The van der Waals surface area contributed by atoms with Crippen LogP contribution >= 0.6 is 0 Å². The van der Waals surface area contributed by atoms with E-state index in [1.165, 1.54) is 24.4 Å². The number of quaternary nitrogens is 1. The zero-order valence-electron chi connectivity index (χ0n) is 19.0. The summed E-state index contributed by atoms with van der Waals surface area (Å²) in [6.07, 6.45) is 5.22. The van der Waals surface area contributed by atoms with E-state index < -0.39 is 26.6 Å². The van der Waals surface area contributed by atoms with Crippen molar-refractivity contribution in [3.8, 4) is 11.4 Å². The molecule has 4 rings (SSSR count). The first-order valence-corrected chi connectivity index (χ1v) is 12.9. The molecule has 0 radical (unpaired) electrons. The van der Waals surface area contributed by atoms with Crippen LogP contribution in [0, 0.1) is 5.82 Å². The van der Waals surface area contributed by atoms with Crippen molar-refractivity contribution in [1.29, 1.82) is 0 Å².